The summed E-state index contributed by atoms with van der Waals surface area (Å²) in [4.78, 5) is 18.3. The predicted molar refractivity (Wildman–Crippen MR) is 149 cm³/mol. The molecule has 1 unspecified atom stereocenters. The summed E-state index contributed by atoms with van der Waals surface area (Å²) >= 11 is 1.35. The Bertz CT molecular complexity index is 1450. The lowest BCUT2D eigenvalue weighted by molar-refractivity contribution is 0.0531. The van der Waals surface area contributed by atoms with Crippen molar-refractivity contribution in [1.82, 2.24) is 9.38 Å². The second-order valence-electron chi connectivity index (χ2n) is 9.91. The van der Waals surface area contributed by atoms with Crippen molar-refractivity contribution in [3.05, 3.63) is 95.5 Å². The maximum absolute atomic E-state index is 12.2. The molecule has 2 heterocycles. The number of nitrogens with zero attached hydrogens (tertiary/aromatic N) is 2. The molecular formula is C29H30N2O3SSi. The summed E-state index contributed by atoms with van der Waals surface area (Å²) in [6, 6.07) is 27.5. The third kappa shape index (κ3) is 4.87. The summed E-state index contributed by atoms with van der Waals surface area (Å²) in [5.41, 5.74) is 2.84. The van der Waals surface area contributed by atoms with Crippen LogP contribution < -0.4 is 10.4 Å². The zero-order chi connectivity index (χ0) is 25.3. The molecule has 184 valence electrons. The molecule has 0 aliphatic carbocycles. The fourth-order valence-corrected chi connectivity index (χ4v) is 8.09. The van der Waals surface area contributed by atoms with Crippen LogP contribution in [0.5, 0.6) is 0 Å². The van der Waals surface area contributed by atoms with Crippen molar-refractivity contribution in [2.75, 3.05) is 6.61 Å². The first-order chi connectivity index (χ1) is 17.3. The van der Waals surface area contributed by atoms with E-state index in [0.29, 0.717) is 11.5 Å². The summed E-state index contributed by atoms with van der Waals surface area (Å²) in [5.74, 6) is -0.309. The molecule has 0 radical (unpaired) electrons. The van der Waals surface area contributed by atoms with Crippen LogP contribution in [0.1, 0.15) is 49.0 Å². The number of carbonyl (C=O) groups excluding carboxylic acids is 1. The average molecular weight is 515 g/mol. The number of rotatable bonds is 7. The number of esters is 1. The fraction of sp³-hybridized carbons (Fsp3) is 0.241. The lowest BCUT2D eigenvalue weighted by Gasteiger charge is -2.35. The quantitative estimate of drug-likeness (QED) is 0.217. The molecule has 0 fully saturated rings. The Morgan fingerprint density at radius 2 is 1.64 bits per heavy atom. The average Bonchev–Trinajstić information content (AvgIpc) is 3.43. The predicted octanol–water partition coefficient (Wildman–Crippen LogP) is 5.37. The third-order valence-corrected chi connectivity index (χ3v) is 9.66. The Morgan fingerprint density at radius 3 is 2.22 bits per heavy atom. The van der Waals surface area contributed by atoms with Crippen LogP contribution in [0.15, 0.2) is 85.1 Å². The molecule has 1 atom stereocenters. The van der Waals surface area contributed by atoms with Crippen molar-refractivity contribution in [2.24, 2.45) is 5.41 Å². The van der Waals surface area contributed by atoms with Crippen molar-refractivity contribution in [3.63, 3.8) is 0 Å². The summed E-state index contributed by atoms with van der Waals surface area (Å²) in [7, 11) is -1.96. The number of thiazole rings is 1. The van der Waals surface area contributed by atoms with Gasteiger partial charge in [-0.05, 0) is 40.4 Å². The molecule has 0 saturated carbocycles. The highest BCUT2D eigenvalue weighted by molar-refractivity contribution is 7.18. The summed E-state index contributed by atoms with van der Waals surface area (Å²) < 4.78 is 14.2. The van der Waals surface area contributed by atoms with E-state index in [1.54, 1.807) is 0 Å². The van der Waals surface area contributed by atoms with Gasteiger partial charge in [-0.2, -0.15) is 0 Å². The first-order valence-electron chi connectivity index (χ1n) is 12.2. The van der Waals surface area contributed by atoms with Crippen LogP contribution in [-0.4, -0.2) is 31.0 Å². The summed E-state index contributed by atoms with van der Waals surface area (Å²) in [6.45, 7) is 8.83. The van der Waals surface area contributed by atoms with Crippen LogP contribution in [0.2, 0.25) is 0 Å². The van der Waals surface area contributed by atoms with Crippen LogP contribution in [0.4, 0.5) is 0 Å². The molecule has 5 aromatic rings. The van der Waals surface area contributed by atoms with Crippen LogP contribution in [0, 0.1) is 5.41 Å². The molecule has 0 bridgehead atoms. The van der Waals surface area contributed by atoms with E-state index in [-0.39, 0.29) is 17.5 Å². The van der Waals surface area contributed by atoms with Gasteiger partial charge in [-0.15, -0.1) is 0 Å². The van der Waals surface area contributed by atoms with E-state index in [9.17, 15) is 4.79 Å². The van der Waals surface area contributed by atoms with E-state index in [1.165, 1.54) is 21.7 Å². The molecule has 0 N–H and O–H groups in total. The maximum Gasteiger partial charge on any atom is 0.349 e. The van der Waals surface area contributed by atoms with Gasteiger partial charge in [-0.1, -0.05) is 98.8 Å². The number of aromatic nitrogens is 2. The minimum Gasteiger partial charge on any atom is -0.462 e. The smallest absolute Gasteiger partial charge is 0.349 e. The van der Waals surface area contributed by atoms with Gasteiger partial charge in [0.2, 0.25) is 9.04 Å². The Kier molecular flexibility index (Phi) is 6.79. The van der Waals surface area contributed by atoms with Gasteiger partial charge >= 0.3 is 5.97 Å². The van der Waals surface area contributed by atoms with Gasteiger partial charge in [0, 0.05) is 6.20 Å². The highest BCUT2D eigenvalue weighted by Crippen LogP contribution is 2.38. The standard InChI is InChI=1S/C29H30N2O3SSi/c1-5-33-27(32)25-19-31-24-17-16-20(18-23(24)30-28(31)35-25)26(29(2,3)4)34-36(21-12-8-6-9-13-21)22-14-10-7-11-15-22/h6-19,26,36H,5H2,1-4H3. The zero-order valence-corrected chi connectivity index (χ0v) is 22.9. The molecule has 7 heteroatoms. The summed E-state index contributed by atoms with van der Waals surface area (Å²) in [6.07, 6.45) is 1.70. The first-order valence-corrected chi connectivity index (χ1v) is 14.6. The molecule has 0 saturated heterocycles. The Hall–Kier alpha value is -3.26. The second kappa shape index (κ2) is 10.0. The topological polar surface area (TPSA) is 52.8 Å². The Balaban J connectivity index is 1.54. The molecule has 0 aliphatic heterocycles. The minimum absolute atomic E-state index is 0.117. The van der Waals surface area contributed by atoms with Crippen molar-refractivity contribution in [1.29, 1.82) is 0 Å². The monoisotopic (exact) mass is 514 g/mol. The second-order valence-corrected chi connectivity index (χ2v) is 13.3. The van der Waals surface area contributed by atoms with Gasteiger partial charge in [0.25, 0.3) is 0 Å². The van der Waals surface area contributed by atoms with Gasteiger partial charge in [-0.3, -0.25) is 4.40 Å². The molecule has 0 spiro atoms. The van der Waals surface area contributed by atoms with Gasteiger partial charge in [0.15, 0.2) is 4.96 Å². The van der Waals surface area contributed by atoms with Crippen molar-refractivity contribution >= 4 is 52.7 Å². The number of hydrogen-bond acceptors (Lipinski definition) is 5. The van der Waals surface area contributed by atoms with Gasteiger partial charge in [0.1, 0.15) is 4.88 Å². The van der Waals surface area contributed by atoms with Gasteiger partial charge in [0.05, 0.1) is 23.7 Å². The maximum atomic E-state index is 12.2. The first kappa shape index (κ1) is 24.4. The number of ether oxygens (including phenoxy) is 1. The van der Waals surface area contributed by atoms with Crippen LogP contribution in [-0.2, 0) is 9.16 Å². The number of fused-ring (bicyclic) bond motifs is 3. The van der Waals surface area contributed by atoms with E-state index in [1.807, 2.05) is 29.7 Å². The highest BCUT2D eigenvalue weighted by Gasteiger charge is 2.32. The molecule has 5 rings (SSSR count). The van der Waals surface area contributed by atoms with Crippen molar-refractivity contribution < 1.29 is 14.0 Å². The largest absolute Gasteiger partial charge is 0.462 e. The third-order valence-electron chi connectivity index (χ3n) is 6.17. The number of carbonyl (C=O) groups is 1. The number of imidazole rings is 1. The molecule has 3 aromatic carbocycles. The Morgan fingerprint density at radius 1 is 1.00 bits per heavy atom. The van der Waals surface area contributed by atoms with E-state index < -0.39 is 9.04 Å². The summed E-state index contributed by atoms with van der Waals surface area (Å²) in [5, 5.41) is 2.51. The fourth-order valence-electron chi connectivity index (χ4n) is 4.52. The molecule has 5 nitrogen and oxygen atoms in total. The van der Waals surface area contributed by atoms with Crippen molar-refractivity contribution in [2.45, 2.75) is 33.8 Å². The minimum atomic E-state index is -1.96. The van der Waals surface area contributed by atoms with Crippen molar-refractivity contribution in [3.8, 4) is 0 Å². The lowest BCUT2D eigenvalue weighted by Crippen LogP contribution is -2.47. The molecule has 0 amide bonds. The lowest BCUT2D eigenvalue weighted by atomic mass is 9.85. The molecular weight excluding hydrogens is 484 g/mol. The molecule has 0 aliphatic rings. The SMILES string of the molecule is CCOC(=O)c1cn2c(nc3cc(C(O[SiH](c4ccccc4)c4ccccc4)C(C)(C)C)ccc32)s1. The molecule has 36 heavy (non-hydrogen) atoms. The molecule has 2 aromatic heterocycles. The van der Waals surface area contributed by atoms with Crippen LogP contribution in [0.3, 0.4) is 0 Å². The van der Waals surface area contributed by atoms with E-state index in [0.717, 1.165) is 21.6 Å². The highest BCUT2D eigenvalue weighted by atomic mass is 32.1. The van der Waals surface area contributed by atoms with E-state index >= 15 is 0 Å². The normalized spacial score (nSPS) is 12.9. The van der Waals surface area contributed by atoms with Crippen LogP contribution in [0.25, 0.3) is 16.0 Å². The van der Waals surface area contributed by atoms with E-state index in [4.69, 9.17) is 14.1 Å². The zero-order valence-electron chi connectivity index (χ0n) is 21.0. The van der Waals surface area contributed by atoms with Gasteiger partial charge < -0.3 is 9.16 Å². The number of benzene rings is 3. The van der Waals surface area contributed by atoms with Gasteiger partial charge in [-0.25, -0.2) is 9.78 Å². The van der Waals surface area contributed by atoms with E-state index in [2.05, 4.69) is 87.5 Å². The number of hydrogen-bond donors (Lipinski definition) is 0. The Labute approximate surface area is 217 Å². The van der Waals surface area contributed by atoms with Crippen LogP contribution >= 0.6 is 11.3 Å².